The molecule has 0 amide bonds. The number of Topliss-reactive ketones (excluding diaryl/α,β-unsaturated/α-hetero) is 1. The zero-order chi connectivity index (χ0) is 21.3. The second-order valence-electron chi connectivity index (χ2n) is 7.37. The maximum atomic E-state index is 11.8. The van der Waals surface area contributed by atoms with Crippen molar-refractivity contribution in [3.8, 4) is 11.5 Å². The molecule has 0 heterocycles. The van der Waals surface area contributed by atoms with Gasteiger partial charge >= 0.3 is 0 Å². The molecule has 29 heavy (non-hydrogen) atoms. The molecule has 0 saturated carbocycles. The van der Waals surface area contributed by atoms with Crippen LogP contribution in [0, 0.1) is 6.92 Å². The molecule has 0 unspecified atom stereocenters. The first-order valence-corrected chi connectivity index (χ1v) is 11.4. The zero-order valence-electron chi connectivity index (χ0n) is 17.6. The average molecular weight is 436 g/mol. The van der Waals surface area contributed by atoms with Crippen LogP contribution < -0.4 is 14.2 Å². The number of ketones is 1. The van der Waals surface area contributed by atoms with E-state index >= 15 is 0 Å². The summed E-state index contributed by atoms with van der Waals surface area (Å²) in [7, 11) is 0. The standard InChI is InChI=1S/C23H30ClNO3S/c1-17-14-19(8-11-22(17)28-16-20(26)15-25-29-4)23(2,3)18-6-9-21(10-7-18)27-13-5-12-24/h6-11,14,25H,5,12-13,15-16H2,1-4H3. The van der Waals surface area contributed by atoms with E-state index in [1.807, 2.05) is 31.4 Å². The van der Waals surface area contributed by atoms with Crippen molar-refractivity contribution < 1.29 is 14.3 Å². The predicted octanol–water partition coefficient (Wildman–Crippen LogP) is 5.14. The molecule has 2 aromatic carbocycles. The van der Waals surface area contributed by atoms with Gasteiger partial charge in [-0.05, 0) is 54.5 Å². The number of rotatable bonds is 12. The van der Waals surface area contributed by atoms with Gasteiger partial charge < -0.3 is 9.47 Å². The van der Waals surface area contributed by atoms with Crippen molar-refractivity contribution >= 4 is 29.3 Å². The lowest BCUT2D eigenvalue weighted by Crippen LogP contribution is -2.23. The highest BCUT2D eigenvalue weighted by Gasteiger charge is 2.24. The molecular formula is C23H30ClNO3S. The summed E-state index contributed by atoms with van der Waals surface area (Å²) in [6, 6.07) is 14.4. The molecule has 158 valence electrons. The lowest BCUT2D eigenvalue weighted by atomic mass is 9.77. The molecule has 0 aliphatic rings. The molecule has 0 radical (unpaired) electrons. The first-order valence-electron chi connectivity index (χ1n) is 9.69. The van der Waals surface area contributed by atoms with Gasteiger partial charge in [0.25, 0.3) is 0 Å². The van der Waals surface area contributed by atoms with Crippen LogP contribution in [0.5, 0.6) is 11.5 Å². The van der Waals surface area contributed by atoms with E-state index in [-0.39, 0.29) is 17.8 Å². The van der Waals surface area contributed by atoms with Crippen molar-refractivity contribution in [2.24, 2.45) is 0 Å². The molecule has 0 bridgehead atoms. The predicted molar refractivity (Wildman–Crippen MR) is 123 cm³/mol. The van der Waals surface area contributed by atoms with E-state index < -0.39 is 0 Å². The highest BCUT2D eigenvalue weighted by Crippen LogP contribution is 2.34. The molecule has 0 aromatic heterocycles. The third kappa shape index (κ3) is 6.95. The Kier molecular flexibility index (Phi) is 9.34. The molecule has 0 aliphatic heterocycles. The van der Waals surface area contributed by atoms with Crippen LogP contribution in [0.2, 0.25) is 0 Å². The van der Waals surface area contributed by atoms with E-state index in [1.165, 1.54) is 23.1 Å². The summed E-state index contributed by atoms with van der Waals surface area (Å²) in [4.78, 5) is 11.8. The van der Waals surface area contributed by atoms with Crippen LogP contribution in [0.1, 0.15) is 37.0 Å². The van der Waals surface area contributed by atoms with Crippen molar-refractivity contribution in [2.75, 3.05) is 31.9 Å². The summed E-state index contributed by atoms with van der Waals surface area (Å²) in [6.45, 7) is 7.40. The van der Waals surface area contributed by atoms with Crippen molar-refractivity contribution in [2.45, 2.75) is 32.6 Å². The number of aryl methyl sites for hydroxylation is 1. The number of carbonyl (C=O) groups is 1. The molecule has 0 saturated heterocycles. The summed E-state index contributed by atoms with van der Waals surface area (Å²) in [5.74, 6) is 2.23. The number of nitrogens with one attached hydrogen (secondary N) is 1. The Hall–Kier alpha value is -1.69. The monoisotopic (exact) mass is 435 g/mol. The van der Waals surface area contributed by atoms with Crippen LogP contribution in [0.15, 0.2) is 42.5 Å². The lowest BCUT2D eigenvalue weighted by Gasteiger charge is -2.27. The highest BCUT2D eigenvalue weighted by atomic mass is 35.5. The average Bonchev–Trinajstić information content (AvgIpc) is 2.71. The fraction of sp³-hybridized carbons (Fsp3) is 0.435. The van der Waals surface area contributed by atoms with E-state index in [9.17, 15) is 4.79 Å². The van der Waals surface area contributed by atoms with E-state index in [0.717, 1.165) is 23.5 Å². The summed E-state index contributed by atoms with van der Waals surface area (Å²) >= 11 is 7.11. The van der Waals surface area contributed by atoms with Crippen LogP contribution in [0.3, 0.4) is 0 Å². The second kappa shape index (κ2) is 11.5. The minimum absolute atomic E-state index is 0.0245. The lowest BCUT2D eigenvalue weighted by molar-refractivity contribution is -0.119. The van der Waals surface area contributed by atoms with E-state index in [1.54, 1.807) is 0 Å². The topological polar surface area (TPSA) is 47.6 Å². The summed E-state index contributed by atoms with van der Waals surface area (Å²) in [5.41, 5.74) is 3.24. The van der Waals surface area contributed by atoms with E-state index in [0.29, 0.717) is 19.0 Å². The number of hydrogen-bond acceptors (Lipinski definition) is 5. The number of ether oxygens (including phenoxy) is 2. The molecule has 0 atom stereocenters. The number of alkyl halides is 1. The smallest absolute Gasteiger partial charge is 0.184 e. The van der Waals surface area contributed by atoms with Gasteiger partial charge in [0.1, 0.15) is 18.1 Å². The van der Waals surface area contributed by atoms with Gasteiger partial charge in [0.2, 0.25) is 0 Å². The Morgan fingerprint density at radius 1 is 1.10 bits per heavy atom. The fourth-order valence-corrected chi connectivity index (χ4v) is 3.36. The minimum atomic E-state index is -0.171. The Labute approximate surface area is 183 Å². The van der Waals surface area contributed by atoms with Gasteiger partial charge in [-0.15, -0.1) is 11.6 Å². The molecule has 0 spiro atoms. The van der Waals surface area contributed by atoms with Gasteiger partial charge in [-0.1, -0.05) is 50.1 Å². The molecule has 2 rings (SSSR count). The highest BCUT2D eigenvalue weighted by molar-refractivity contribution is 7.96. The van der Waals surface area contributed by atoms with Crippen LogP contribution in [-0.2, 0) is 10.2 Å². The van der Waals surface area contributed by atoms with Gasteiger partial charge in [0, 0.05) is 11.3 Å². The fourth-order valence-electron chi connectivity index (χ4n) is 2.94. The number of hydrogen-bond donors (Lipinski definition) is 1. The van der Waals surface area contributed by atoms with Crippen LogP contribution >= 0.6 is 23.5 Å². The van der Waals surface area contributed by atoms with Crippen LogP contribution in [-0.4, -0.2) is 37.7 Å². The van der Waals surface area contributed by atoms with Crippen molar-refractivity contribution in [3.63, 3.8) is 0 Å². The van der Waals surface area contributed by atoms with Crippen LogP contribution in [0.25, 0.3) is 0 Å². The quantitative estimate of drug-likeness (QED) is 0.284. The number of carbonyl (C=O) groups excluding carboxylic acids is 1. The van der Waals surface area contributed by atoms with Gasteiger partial charge in [-0.3, -0.25) is 9.52 Å². The Balaban J connectivity index is 2.06. The zero-order valence-corrected chi connectivity index (χ0v) is 19.2. The molecule has 2 aromatic rings. The van der Waals surface area contributed by atoms with Gasteiger partial charge in [0.15, 0.2) is 5.78 Å². The van der Waals surface area contributed by atoms with Gasteiger partial charge in [-0.2, -0.15) is 0 Å². The van der Waals surface area contributed by atoms with E-state index in [4.69, 9.17) is 21.1 Å². The molecule has 4 nitrogen and oxygen atoms in total. The normalized spacial score (nSPS) is 11.3. The number of halogens is 1. The third-order valence-electron chi connectivity index (χ3n) is 4.82. The maximum absolute atomic E-state index is 11.8. The third-order valence-corrected chi connectivity index (χ3v) is 5.52. The Bertz CT molecular complexity index is 793. The molecule has 1 N–H and O–H groups in total. The second-order valence-corrected chi connectivity index (χ2v) is 8.45. The Morgan fingerprint density at radius 3 is 2.41 bits per heavy atom. The molecule has 0 aliphatic carbocycles. The van der Waals surface area contributed by atoms with Gasteiger partial charge in [0.05, 0.1) is 13.2 Å². The molecule has 0 fully saturated rings. The van der Waals surface area contributed by atoms with Crippen molar-refractivity contribution in [1.82, 2.24) is 4.72 Å². The minimum Gasteiger partial charge on any atom is -0.494 e. The SMILES string of the molecule is CSNCC(=O)COc1ccc(C(C)(C)c2ccc(OCCCCl)cc2)cc1C. The van der Waals surface area contributed by atoms with E-state index in [2.05, 4.69) is 42.8 Å². The van der Waals surface area contributed by atoms with Crippen molar-refractivity contribution in [1.29, 1.82) is 0 Å². The van der Waals surface area contributed by atoms with Gasteiger partial charge in [-0.25, -0.2) is 0 Å². The summed E-state index contributed by atoms with van der Waals surface area (Å²) in [6.07, 6.45) is 2.73. The maximum Gasteiger partial charge on any atom is 0.184 e. The van der Waals surface area contributed by atoms with Crippen LogP contribution in [0.4, 0.5) is 0 Å². The van der Waals surface area contributed by atoms with Crippen molar-refractivity contribution in [3.05, 3.63) is 59.2 Å². The first kappa shape index (κ1) is 23.6. The molecular weight excluding hydrogens is 406 g/mol. The first-order chi connectivity index (χ1) is 13.9. The Morgan fingerprint density at radius 2 is 1.79 bits per heavy atom. The molecule has 6 heteroatoms. The summed E-state index contributed by atoms with van der Waals surface area (Å²) < 4.78 is 14.3. The number of benzene rings is 2. The largest absolute Gasteiger partial charge is 0.494 e. The summed E-state index contributed by atoms with van der Waals surface area (Å²) in [5, 5.41) is 0.